The Morgan fingerprint density at radius 2 is 1.81 bits per heavy atom. The topological polar surface area (TPSA) is 99.2 Å². The summed E-state index contributed by atoms with van der Waals surface area (Å²) in [5, 5.41) is 0. The molecule has 4 rings (SSSR count). The Morgan fingerprint density at radius 1 is 1.08 bits per heavy atom. The molecule has 0 radical (unpaired) electrons. The van der Waals surface area contributed by atoms with Crippen LogP contribution < -0.4 is 14.2 Å². The van der Waals surface area contributed by atoms with E-state index in [-0.39, 0.29) is 23.2 Å². The molecule has 8 nitrogen and oxygen atoms in total. The first-order chi connectivity index (χ1) is 17.2. The van der Waals surface area contributed by atoms with E-state index in [9.17, 15) is 18.0 Å². The van der Waals surface area contributed by atoms with Gasteiger partial charge >= 0.3 is 5.97 Å². The van der Waals surface area contributed by atoms with Gasteiger partial charge < -0.3 is 14.2 Å². The molecule has 2 heterocycles. The van der Waals surface area contributed by atoms with E-state index in [2.05, 4.69) is 0 Å². The molecule has 1 amide bonds. The largest absolute Gasteiger partial charge is 0.497 e. The molecule has 2 fully saturated rings. The molecule has 36 heavy (non-hydrogen) atoms. The van der Waals surface area contributed by atoms with Crippen LogP contribution in [-0.2, 0) is 19.4 Å². The van der Waals surface area contributed by atoms with E-state index < -0.39 is 21.8 Å². The van der Waals surface area contributed by atoms with Gasteiger partial charge in [0.2, 0.25) is 0 Å². The number of methoxy groups -OCH3 is 2. The fourth-order valence-electron chi connectivity index (χ4n) is 3.80. The lowest BCUT2D eigenvalue weighted by Crippen LogP contribution is -2.39. The van der Waals surface area contributed by atoms with Crippen molar-refractivity contribution in [1.82, 2.24) is 4.90 Å². The van der Waals surface area contributed by atoms with Gasteiger partial charge in [0.1, 0.15) is 10.1 Å². The number of esters is 1. The zero-order chi connectivity index (χ0) is 25.9. The quantitative estimate of drug-likeness (QED) is 0.223. The second-order valence-corrected chi connectivity index (χ2v) is 12.0. The van der Waals surface area contributed by atoms with E-state index in [1.54, 1.807) is 49.6 Å². The first-order valence-electron chi connectivity index (χ1n) is 10.9. The molecule has 2 saturated heterocycles. The standard InChI is InChI=1S/C25H23NO7S3/c1-31-19-7-3-16(4-8-19)6-10-23(27)33-20-9-5-17(13-21(20)32-2)14-22-24(28)26(25(34)35-22)18-11-12-36(29,30)15-18/h3-10,13-14,18H,11-12,15H2,1-2H3/b10-6+,22-14-/t18-/m1/s1. The monoisotopic (exact) mass is 545 g/mol. The van der Waals surface area contributed by atoms with Crippen LogP contribution >= 0.6 is 24.0 Å². The van der Waals surface area contributed by atoms with Crippen molar-refractivity contribution >= 4 is 62.2 Å². The molecule has 1 atom stereocenters. The summed E-state index contributed by atoms with van der Waals surface area (Å²) in [7, 11) is -0.125. The van der Waals surface area contributed by atoms with Crippen molar-refractivity contribution in [2.75, 3.05) is 25.7 Å². The number of amides is 1. The van der Waals surface area contributed by atoms with Crippen molar-refractivity contribution in [2.24, 2.45) is 0 Å². The first-order valence-corrected chi connectivity index (χ1v) is 13.9. The molecule has 0 unspecified atom stereocenters. The molecule has 2 aliphatic rings. The number of nitrogens with zero attached hydrogens (tertiary/aromatic N) is 1. The van der Waals surface area contributed by atoms with Crippen LogP contribution in [0.2, 0.25) is 0 Å². The van der Waals surface area contributed by atoms with Gasteiger partial charge in [0.25, 0.3) is 5.91 Å². The molecule has 2 aromatic rings. The maximum Gasteiger partial charge on any atom is 0.336 e. The van der Waals surface area contributed by atoms with E-state index in [0.717, 1.165) is 17.3 Å². The number of sulfone groups is 1. The van der Waals surface area contributed by atoms with E-state index in [0.29, 0.717) is 32.7 Å². The van der Waals surface area contributed by atoms with Gasteiger partial charge in [0, 0.05) is 6.08 Å². The molecule has 0 aliphatic carbocycles. The number of thiocarbonyl (C=S) groups is 1. The summed E-state index contributed by atoms with van der Waals surface area (Å²) < 4.78 is 39.9. The van der Waals surface area contributed by atoms with Crippen LogP contribution in [0.25, 0.3) is 12.2 Å². The number of rotatable bonds is 7. The van der Waals surface area contributed by atoms with Gasteiger partial charge in [-0.25, -0.2) is 13.2 Å². The average Bonchev–Trinajstić information content (AvgIpc) is 3.35. The van der Waals surface area contributed by atoms with E-state index in [1.165, 1.54) is 18.1 Å². The van der Waals surface area contributed by atoms with Crippen LogP contribution in [-0.4, -0.2) is 61.3 Å². The van der Waals surface area contributed by atoms with Crippen LogP contribution in [0.3, 0.4) is 0 Å². The molecular formula is C25H23NO7S3. The molecule has 0 spiro atoms. The Bertz CT molecular complexity index is 1360. The summed E-state index contributed by atoms with van der Waals surface area (Å²) in [4.78, 5) is 27.1. The van der Waals surface area contributed by atoms with Crippen molar-refractivity contribution in [2.45, 2.75) is 12.5 Å². The highest BCUT2D eigenvalue weighted by Crippen LogP contribution is 2.37. The van der Waals surface area contributed by atoms with Crippen molar-refractivity contribution in [3.05, 3.63) is 64.6 Å². The van der Waals surface area contributed by atoms with Gasteiger partial charge in [-0.05, 0) is 54.0 Å². The average molecular weight is 546 g/mol. The SMILES string of the molecule is COc1ccc(/C=C/C(=O)Oc2ccc(/C=C3\SC(=S)N([C@@H]4CCS(=O)(=O)C4)C3=O)cc2OC)cc1. The summed E-state index contributed by atoms with van der Waals surface area (Å²) in [6, 6.07) is 11.7. The number of thioether (sulfide) groups is 1. The Hall–Kier alpha value is -3.15. The van der Waals surface area contributed by atoms with E-state index >= 15 is 0 Å². The Labute approximate surface area is 218 Å². The summed E-state index contributed by atoms with van der Waals surface area (Å²) in [6.45, 7) is 0. The fraction of sp³-hybridized carbons (Fsp3) is 0.240. The summed E-state index contributed by atoms with van der Waals surface area (Å²) >= 11 is 6.48. The van der Waals surface area contributed by atoms with Crippen molar-refractivity contribution in [3.63, 3.8) is 0 Å². The number of benzene rings is 2. The lowest BCUT2D eigenvalue weighted by atomic mass is 10.1. The van der Waals surface area contributed by atoms with Gasteiger partial charge in [0.15, 0.2) is 21.3 Å². The third-order valence-corrected chi connectivity index (χ3v) is 8.70. The van der Waals surface area contributed by atoms with Gasteiger partial charge in [-0.15, -0.1) is 0 Å². The van der Waals surface area contributed by atoms with Crippen molar-refractivity contribution in [1.29, 1.82) is 0 Å². The predicted molar refractivity (Wildman–Crippen MR) is 143 cm³/mol. The minimum Gasteiger partial charge on any atom is -0.497 e. The summed E-state index contributed by atoms with van der Waals surface area (Å²) in [6.07, 6.45) is 4.97. The third-order valence-electron chi connectivity index (χ3n) is 5.62. The second kappa shape index (κ2) is 10.9. The Morgan fingerprint density at radius 3 is 2.44 bits per heavy atom. The molecule has 0 saturated carbocycles. The van der Waals surface area contributed by atoms with Crippen molar-refractivity contribution < 1.29 is 32.2 Å². The number of carbonyl (C=O) groups is 2. The Kier molecular flexibility index (Phi) is 7.82. The minimum atomic E-state index is -3.15. The first kappa shape index (κ1) is 25.9. The second-order valence-electron chi connectivity index (χ2n) is 8.05. The maximum absolute atomic E-state index is 12.9. The predicted octanol–water partition coefficient (Wildman–Crippen LogP) is 3.71. The molecule has 0 aromatic heterocycles. The lowest BCUT2D eigenvalue weighted by molar-refractivity contribution is -0.129. The molecular weight excluding hydrogens is 522 g/mol. The smallest absolute Gasteiger partial charge is 0.336 e. The zero-order valence-corrected chi connectivity index (χ0v) is 22.0. The van der Waals surface area contributed by atoms with Crippen LogP contribution in [0.5, 0.6) is 17.2 Å². The van der Waals surface area contributed by atoms with Crippen LogP contribution in [0, 0.1) is 0 Å². The zero-order valence-electron chi connectivity index (χ0n) is 19.5. The molecule has 2 aromatic carbocycles. The van der Waals surface area contributed by atoms with Gasteiger partial charge in [-0.2, -0.15) is 0 Å². The number of ether oxygens (including phenoxy) is 3. The number of hydrogen-bond acceptors (Lipinski definition) is 9. The molecule has 188 valence electrons. The highest BCUT2D eigenvalue weighted by molar-refractivity contribution is 8.26. The van der Waals surface area contributed by atoms with Crippen molar-refractivity contribution in [3.8, 4) is 17.2 Å². The van der Waals surface area contributed by atoms with Crippen LogP contribution in [0.1, 0.15) is 17.5 Å². The van der Waals surface area contributed by atoms with Gasteiger partial charge in [-0.3, -0.25) is 9.69 Å². The molecule has 0 bridgehead atoms. The number of carbonyl (C=O) groups excluding carboxylic acids is 2. The van der Waals surface area contributed by atoms with Crippen LogP contribution in [0.4, 0.5) is 0 Å². The summed E-state index contributed by atoms with van der Waals surface area (Å²) in [5.41, 5.74) is 1.45. The third kappa shape index (κ3) is 5.97. The summed E-state index contributed by atoms with van der Waals surface area (Å²) in [5.74, 6) is 0.339. The molecule has 2 aliphatic heterocycles. The lowest BCUT2D eigenvalue weighted by Gasteiger charge is -2.20. The minimum absolute atomic E-state index is 0.0560. The van der Waals surface area contributed by atoms with E-state index in [4.69, 9.17) is 26.4 Å². The highest BCUT2D eigenvalue weighted by atomic mass is 32.2. The fourth-order valence-corrected chi connectivity index (χ4v) is 6.91. The molecule has 11 heteroatoms. The Balaban J connectivity index is 1.45. The van der Waals surface area contributed by atoms with E-state index in [1.807, 2.05) is 12.1 Å². The maximum atomic E-state index is 12.9. The van der Waals surface area contributed by atoms with Crippen LogP contribution in [0.15, 0.2) is 53.4 Å². The normalized spacial score (nSPS) is 20.3. The molecule has 0 N–H and O–H groups in total. The number of hydrogen-bond donors (Lipinski definition) is 0. The van der Waals surface area contributed by atoms with Gasteiger partial charge in [-0.1, -0.05) is 42.2 Å². The highest BCUT2D eigenvalue weighted by Gasteiger charge is 2.42. The van der Waals surface area contributed by atoms with Gasteiger partial charge in [0.05, 0.1) is 36.7 Å².